The van der Waals surface area contributed by atoms with E-state index in [9.17, 15) is 9.59 Å². The van der Waals surface area contributed by atoms with Gasteiger partial charge in [0.1, 0.15) is 0 Å². The monoisotopic (exact) mass is 342 g/mol. The van der Waals surface area contributed by atoms with Gasteiger partial charge < -0.3 is 16.0 Å². The van der Waals surface area contributed by atoms with Crippen molar-refractivity contribution in [2.45, 2.75) is 32.2 Å². The third kappa shape index (κ3) is 4.02. The van der Waals surface area contributed by atoms with Gasteiger partial charge in [0.05, 0.1) is 12.0 Å². The van der Waals surface area contributed by atoms with E-state index in [0.29, 0.717) is 13.1 Å². The number of likely N-dealkylation sites (tertiary alicyclic amines) is 1. The van der Waals surface area contributed by atoms with Crippen LogP contribution in [0.5, 0.6) is 0 Å². The number of hydrogen-bond acceptors (Lipinski definition) is 3. The number of carbonyl (C=O) groups is 2. The number of H-pyrrole nitrogens is 1. The van der Waals surface area contributed by atoms with Crippen LogP contribution in [0.1, 0.15) is 25.3 Å². The quantitative estimate of drug-likeness (QED) is 0.741. The highest BCUT2D eigenvalue weighted by Gasteiger charge is 2.29. The third-order valence-electron chi connectivity index (χ3n) is 5.15. The molecule has 1 saturated heterocycles. The van der Waals surface area contributed by atoms with Crippen molar-refractivity contribution >= 4 is 22.7 Å². The molecule has 2 heterocycles. The summed E-state index contributed by atoms with van der Waals surface area (Å²) >= 11 is 0. The van der Waals surface area contributed by atoms with E-state index in [1.54, 1.807) is 0 Å². The molecule has 6 heteroatoms. The topological polar surface area (TPSA) is 91.2 Å². The Hall–Kier alpha value is -2.34. The van der Waals surface area contributed by atoms with E-state index in [2.05, 4.69) is 21.3 Å². The molecule has 0 saturated carbocycles. The maximum absolute atomic E-state index is 12.4. The SMILES string of the molecule is CC(C(=O)NCCc1c[nH]c2ccccc12)N1CCC[C@H](C(N)=O)C1. The van der Waals surface area contributed by atoms with Crippen LogP contribution in [0.3, 0.4) is 0 Å². The number of fused-ring (bicyclic) bond motifs is 1. The van der Waals surface area contributed by atoms with Crippen molar-refractivity contribution in [2.24, 2.45) is 11.7 Å². The molecule has 0 aliphatic carbocycles. The summed E-state index contributed by atoms with van der Waals surface area (Å²) in [6.07, 6.45) is 4.51. The van der Waals surface area contributed by atoms with Gasteiger partial charge in [-0.3, -0.25) is 14.5 Å². The predicted molar refractivity (Wildman–Crippen MR) is 98.0 cm³/mol. The van der Waals surface area contributed by atoms with Crippen molar-refractivity contribution in [3.05, 3.63) is 36.0 Å². The second-order valence-corrected chi connectivity index (χ2v) is 6.81. The number of amides is 2. The molecule has 2 amide bonds. The van der Waals surface area contributed by atoms with Gasteiger partial charge in [-0.1, -0.05) is 18.2 Å². The number of rotatable bonds is 6. The van der Waals surface area contributed by atoms with Gasteiger partial charge in [-0.25, -0.2) is 0 Å². The Kier molecular flexibility index (Phi) is 5.38. The standard InChI is InChI=1S/C19H26N4O2/c1-13(23-10-4-5-15(12-23)18(20)24)19(25)21-9-8-14-11-22-17-7-3-2-6-16(14)17/h2-3,6-7,11,13,15,22H,4-5,8-10,12H2,1H3,(H2,20,24)(H,21,25)/t13?,15-/m0/s1. The average molecular weight is 342 g/mol. The van der Waals surface area contributed by atoms with Gasteiger partial charge in [-0.15, -0.1) is 0 Å². The van der Waals surface area contributed by atoms with E-state index < -0.39 is 0 Å². The Balaban J connectivity index is 1.51. The number of carbonyl (C=O) groups excluding carboxylic acids is 2. The second-order valence-electron chi connectivity index (χ2n) is 6.81. The summed E-state index contributed by atoms with van der Waals surface area (Å²) in [6, 6.07) is 7.91. The van der Waals surface area contributed by atoms with E-state index in [1.807, 2.05) is 31.3 Å². The highest BCUT2D eigenvalue weighted by Crippen LogP contribution is 2.19. The maximum Gasteiger partial charge on any atom is 0.237 e. The molecular weight excluding hydrogens is 316 g/mol. The lowest BCUT2D eigenvalue weighted by Crippen LogP contribution is -2.51. The molecule has 0 radical (unpaired) electrons. The molecule has 1 unspecified atom stereocenters. The van der Waals surface area contributed by atoms with Gasteiger partial charge in [-0.05, 0) is 44.4 Å². The van der Waals surface area contributed by atoms with Gasteiger partial charge in [0.15, 0.2) is 0 Å². The molecular formula is C19H26N4O2. The molecule has 1 aliphatic heterocycles. The Morgan fingerprint density at radius 2 is 2.20 bits per heavy atom. The van der Waals surface area contributed by atoms with Crippen LogP contribution in [0.2, 0.25) is 0 Å². The van der Waals surface area contributed by atoms with Crippen molar-refractivity contribution in [3.63, 3.8) is 0 Å². The van der Waals surface area contributed by atoms with Gasteiger partial charge in [0.2, 0.25) is 11.8 Å². The average Bonchev–Trinajstić information content (AvgIpc) is 3.04. The number of nitrogens with one attached hydrogen (secondary N) is 2. The molecule has 0 spiro atoms. The molecule has 25 heavy (non-hydrogen) atoms. The number of benzene rings is 1. The van der Waals surface area contributed by atoms with E-state index >= 15 is 0 Å². The predicted octanol–water partition coefficient (Wildman–Crippen LogP) is 1.41. The fourth-order valence-corrected chi connectivity index (χ4v) is 3.56. The van der Waals surface area contributed by atoms with Crippen molar-refractivity contribution in [1.82, 2.24) is 15.2 Å². The zero-order valence-corrected chi connectivity index (χ0v) is 14.6. The van der Waals surface area contributed by atoms with Crippen LogP contribution < -0.4 is 11.1 Å². The zero-order chi connectivity index (χ0) is 17.8. The fourth-order valence-electron chi connectivity index (χ4n) is 3.56. The smallest absolute Gasteiger partial charge is 0.237 e. The van der Waals surface area contributed by atoms with Crippen LogP contribution in [0.4, 0.5) is 0 Å². The zero-order valence-electron chi connectivity index (χ0n) is 14.6. The summed E-state index contributed by atoms with van der Waals surface area (Å²) in [5.74, 6) is -0.406. The van der Waals surface area contributed by atoms with Gasteiger partial charge in [0.25, 0.3) is 0 Å². The lowest BCUT2D eigenvalue weighted by atomic mass is 9.96. The molecule has 1 aromatic carbocycles. The lowest BCUT2D eigenvalue weighted by molar-refractivity contribution is -0.129. The summed E-state index contributed by atoms with van der Waals surface area (Å²) in [4.78, 5) is 29.1. The normalized spacial score (nSPS) is 19.6. The third-order valence-corrected chi connectivity index (χ3v) is 5.15. The van der Waals surface area contributed by atoms with E-state index in [-0.39, 0.29) is 23.8 Å². The Morgan fingerprint density at radius 1 is 1.40 bits per heavy atom. The maximum atomic E-state index is 12.4. The largest absolute Gasteiger partial charge is 0.369 e. The van der Waals surface area contributed by atoms with Crippen molar-refractivity contribution in [2.75, 3.05) is 19.6 Å². The number of nitrogens with zero attached hydrogens (tertiary/aromatic N) is 1. The lowest BCUT2D eigenvalue weighted by Gasteiger charge is -2.34. The number of piperidine rings is 1. The van der Waals surface area contributed by atoms with Crippen LogP contribution in [0.15, 0.2) is 30.5 Å². The fraction of sp³-hybridized carbons (Fsp3) is 0.474. The minimum Gasteiger partial charge on any atom is -0.369 e. The van der Waals surface area contributed by atoms with Crippen molar-refractivity contribution in [1.29, 1.82) is 0 Å². The Bertz CT molecular complexity index is 755. The molecule has 1 fully saturated rings. The van der Waals surface area contributed by atoms with Crippen LogP contribution in [-0.2, 0) is 16.0 Å². The number of aromatic nitrogens is 1. The summed E-state index contributed by atoms with van der Waals surface area (Å²) < 4.78 is 0. The Morgan fingerprint density at radius 3 is 3.00 bits per heavy atom. The molecule has 0 bridgehead atoms. The first kappa shape index (κ1) is 17.5. The van der Waals surface area contributed by atoms with Crippen molar-refractivity contribution in [3.8, 4) is 0 Å². The van der Waals surface area contributed by atoms with Crippen LogP contribution in [0.25, 0.3) is 10.9 Å². The summed E-state index contributed by atoms with van der Waals surface area (Å²) in [5.41, 5.74) is 7.73. The number of nitrogens with two attached hydrogens (primary N) is 1. The first-order valence-electron chi connectivity index (χ1n) is 8.92. The van der Waals surface area contributed by atoms with E-state index in [1.165, 1.54) is 10.9 Å². The van der Waals surface area contributed by atoms with Crippen LogP contribution in [0, 0.1) is 5.92 Å². The molecule has 134 valence electrons. The molecule has 3 rings (SSSR count). The molecule has 6 nitrogen and oxygen atoms in total. The first-order valence-corrected chi connectivity index (χ1v) is 8.92. The summed E-state index contributed by atoms with van der Waals surface area (Å²) in [7, 11) is 0. The Labute approximate surface area is 147 Å². The van der Waals surface area contributed by atoms with Crippen molar-refractivity contribution < 1.29 is 9.59 Å². The molecule has 4 N–H and O–H groups in total. The number of aromatic amines is 1. The van der Waals surface area contributed by atoms with Gasteiger partial charge in [0, 0.05) is 30.2 Å². The molecule has 2 atom stereocenters. The first-order chi connectivity index (χ1) is 12.1. The van der Waals surface area contributed by atoms with E-state index in [0.717, 1.165) is 31.3 Å². The highest BCUT2D eigenvalue weighted by atomic mass is 16.2. The number of primary amides is 1. The summed E-state index contributed by atoms with van der Waals surface area (Å²) in [6.45, 7) is 3.90. The van der Waals surface area contributed by atoms with Crippen LogP contribution in [-0.4, -0.2) is 47.4 Å². The van der Waals surface area contributed by atoms with Gasteiger partial charge >= 0.3 is 0 Å². The highest BCUT2D eigenvalue weighted by molar-refractivity contribution is 5.84. The van der Waals surface area contributed by atoms with Gasteiger partial charge in [-0.2, -0.15) is 0 Å². The van der Waals surface area contributed by atoms with E-state index in [4.69, 9.17) is 5.73 Å². The second kappa shape index (κ2) is 7.70. The van der Waals surface area contributed by atoms with Crippen LogP contribution >= 0.6 is 0 Å². The minimum atomic E-state index is -0.267. The summed E-state index contributed by atoms with van der Waals surface area (Å²) in [5, 5.41) is 4.22. The minimum absolute atomic E-state index is 0.00459. The number of hydrogen-bond donors (Lipinski definition) is 3. The molecule has 2 aromatic rings. The number of para-hydroxylation sites is 1. The molecule has 1 aliphatic rings. The molecule has 1 aromatic heterocycles.